The van der Waals surface area contributed by atoms with Crippen molar-refractivity contribution < 1.29 is 14.4 Å². The third-order valence-corrected chi connectivity index (χ3v) is 10.1. The summed E-state index contributed by atoms with van der Waals surface area (Å²) in [5.41, 5.74) is 5.42. The van der Waals surface area contributed by atoms with Gasteiger partial charge in [-0.25, -0.2) is 0 Å². The van der Waals surface area contributed by atoms with Crippen LogP contribution in [0.4, 0.5) is 5.69 Å². The van der Waals surface area contributed by atoms with Crippen LogP contribution in [0.2, 0.25) is 5.02 Å². The standard InChI is InChI=1S/C38H41ClN6O3/c1-43(2)22-24-17-26-18-28(39)11-12-35(26)45(23-24)38(48)34(19-27-20-40-32-9-5-3-7-29(27)32)42-36(46)25-13-15-44(16-14-25)37(47)31-21-41-33-10-6-4-8-30(31)33/h3-12,18,20-21,24-25,34,40-41H,13-17,19,22-23H2,1-2H3,(H,42,46). The van der Waals surface area contributed by atoms with E-state index in [-0.39, 0.29) is 29.6 Å². The molecular weight excluding hydrogens is 624 g/mol. The van der Waals surface area contributed by atoms with E-state index in [1.165, 1.54) is 0 Å². The number of para-hydroxylation sites is 2. The fourth-order valence-electron chi connectivity index (χ4n) is 7.52. The number of benzene rings is 3. The third kappa shape index (κ3) is 6.44. The molecule has 1 fully saturated rings. The number of aromatic nitrogens is 2. The molecule has 2 unspecified atom stereocenters. The molecule has 7 rings (SSSR count). The Bertz CT molecular complexity index is 1970. The molecule has 9 nitrogen and oxygen atoms in total. The molecule has 4 heterocycles. The summed E-state index contributed by atoms with van der Waals surface area (Å²) < 4.78 is 0. The van der Waals surface area contributed by atoms with Gasteiger partial charge < -0.3 is 30.0 Å². The maximum atomic E-state index is 14.6. The third-order valence-electron chi connectivity index (χ3n) is 9.86. The monoisotopic (exact) mass is 664 g/mol. The number of carbonyl (C=O) groups excluding carboxylic acids is 3. The smallest absolute Gasteiger partial charge is 0.256 e. The second kappa shape index (κ2) is 13.5. The number of hydrogen-bond donors (Lipinski definition) is 3. The number of aromatic amines is 2. The summed E-state index contributed by atoms with van der Waals surface area (Å²) in [6.45, 7) is 2.33. The van der Waals surface area contributed by atoms with Crippen LogP contribution < -0.4 is 10.2 Å². The molecular formula is C38H41ClN6O3. The summed E-state index contributed by atoms with van der Waals surface area (Å²) in [5, 5.41) is 5.77. The van der Waals surface area contributed by atoms with Crippen molar-refractivity contribution in [3.63, 3.8) is 0 Å². The molecule has 248 valence electrons. The Kier molecular flexibility index (Phi) is 8.98. The Balaban J connectivity index is 1.11. The first-order chi connectivity index (χ1) is 23.2. The van der Waals surface area contributed by atoms with Crippen molar-refractivity contribution in [2.45, 2.75) is 31.7 Å². The average molecular weight is 665 g/mol. The topological polar surface area (TPSA) is 105 Å². The quantitative estimate of drug-likeness (QED) is 0.200. The van der Waals surface area contributed by atoms with E-state index in [1.807, 2.05) is 96.8 Å². The zero-order chi connectivity index (χ0) is 33.4. The Morgan fingerprint density at radius 2 is 1.62 bits per heavy atom. The largest absolute Gasteiger partial charge is 0.361 e. The maximum absolute atomic E-state index is 14.6. The fraction of sp³-hybridized carbons (Fsp3) is 0.342. The van der Waals surface area contributed by atoms with Crippen molar-refractivity contribution in [2.24, 2.45) is 11.8 Å². The molecule has 3 N–H and O–H groups in total. The molecule has 0 bridgehead atoms. The van der Waals surface area contributed by atoms with Gasteiger partial charge in [-0.1, -0.05) is 48.0 Å². The van der Waals surface area contributed by atoms with E-state index >= 15 is 0 Å². The minimum atomic E-state index is -0.774. The average Bonchev–Trinajstić information content (AvgIpc) is 3.71. The molecule has 2 aliphatic rings. The van der Waals surface area contributed by atoms with Gasteiger partial charge in [-0.05, 0) is 80.7 Å². The van der Waals surface area contributed by atoms with Crippen LogP contribution in [0, 0.1) is 11.8 Å². The number of halogens is 1. The summed E-state index contributed by atoms with van der Waals surface area (Å²) in [7, 11) is 4.08. The number of carbonyl (C=O) groups is 3. The van der Waals surface area contributed by atoms with Gasteiger partial charge in [-0.2, -0.15) is 0 Å². The molecule has 2 aliphatic heterocycles. The van der Waals surface area contributed by atoms with Gasteiger partial charge in [0.15, 0.2) is 0 Å². The van der Waals surface area contributed by atoms with Gasteiger partial charge in [0.1, 0.15) is 6.04 Å². The number of rotatable bonds is 8. The van der Waals surface area contributed by atoms with Crippen LogP contribution in [0.1, 0.15) is 34.3 Å². The zero-order valence-electron chi connectivity index (χ0n) is 27.3. The molecule has 10 heteroatoms. The van der Waals surface area contributed by atoms with Crippen molar-refractivity contribution in [1.29, 1.82) is 0 Å². The molecule has 48 heavy (non-hydrogen) atoms. The van der Waals surface area contributed by atoms with E-state index in [4.69, 9.17) is 11.6 Å². The molecule has 0 spiro atoms. The molecule has 1 saturated heterocycles. The van der Waals surface area contributed by atoms with Crippen molar-refractivity contribution in [3.8, 4) is 0 Å². The molecule has 2 aromatic heterocycles. The van der Waals surface area contributed by atoms with E-state index < -0.39 is 6.04 Å². The number of hydrogen-bond acceptors (Lipinski definition) is 4. The summed E-state index contributed by atoms with van der Waals surface area (Å²) in [4.78, 5) is 54.3. The van der Waals surface area contributed by atoms with Crippen LogP contribution in [0.3, 0.4) is 0 Å². The highest BCUT2D eigenvalue weighted by molar-refractivity contribution is 6.30. The van der Waals surface area contributed by atoms with E-state index in [1.54, 1.807) is 6.20 Å². The number of piperidine rings is 1. The Morgan fingerprint density at radius 1 is 0.938 bits per heavy atom. The highest BCUT2D eigenvalue weighted by Gasteiger charge is 2.36. The summed E-state index contributed by atoms with van der Waals surface area (Å²) in [6.07, 6.45) is 5.94. The Hall–Kier alpha value is -4.60. The van der Waals surface area contributed by atoms with E-state index in [9.17, 15) is 14.4 Å². The summed E-state index contributed by atoms with van der Waals surface area (Å²) in [6, 6.07) is 20.7. The first kappa shape index (κ1) is 32.0. The lowest BCUT2D eigenvalue weighted by Gasteiger charge is -2.38. The number of nitrogens with one attached hydrogen (secondary N) is 3. The molecule has 0 radical (unpaired) electrons. The highest BCUT2D eigenvalue weighted by atomic mass is 35.5. The predicted molar refractivity (Wildman–Crippen MR) is 190 cm³/mol. The van der Waals surface area contributed by atoms with Crippen LogP contribution in [-0.4, -0.2) is 83.8 Å². The minimum Gasteiger partial charge on any atom is -0.361 e. The van der Waals surface area contributed by atoms with Crippen molar-refractivity contribution in [1.82, 2.24) is 25.1 Å². The lowest BCUT2D eigenvalue weighted by Crippen LogP contribution is -2.54. The number of likely N-dealkylation sites (tertiary alicyclic amines) is 1. The second-order valence-electron chi connectivity index (χ2n) is 13.5. The van der Waals surface area contributed by atoms with Gasteiger partial charge >= 0.3 is 0 Å². The molecule has 5 aromatic rings. The normalized spacial score (nSPS) is 17.5. The van der Waals surface area contributed by atoms with Gasteiger partial charge in [-0.3, -0.25) is 14.4 Å². The van der Waals surface area contributed by atoms with Crippen molar-refractivity contribution >= 4 is 56.8 Å². The van der Waals surface area contributed by atoms with Crippen molar-refractivity contribution in [2.75, 3.05) is 45.2 Å². The molecule has 2 atom stereocenters. The highest BCUT2D eigenvalue weighted by Crippen LogP contribution is 2.33. The maximum Gasteiger partial charge on any atom is 0.256 e. The lowest BCUT2D eigenvalue weighted by molar-refractivity contribution is -0.131. The number of amides is 3. The van der Waals surface area contributed by atoms with Crippen molar-refractivity contribution in [3.05, 3.63) is 101 Å². The number of H-pyrrole nitrogens is 2. The Morgan fingerprint density at radius 3 is 2.38 bits per heavy atom. The zero-order valence-corrected chi connectivity index (χ0v) is 28.1. The van der Waals surface area contributed by atoms with Gasteiger partial charge in [0, 0.05) is 83.4 Å². The van der Waals surface area contributed by atoms with E-state index in [0.717, 1.165) is 51.6 Å². The lowest BCUT2D eigenvalue weighted by atomic mass is 9.90. The van der Waals surface area contributed by atoms with Crippen LogP contribution in [0.5, 0.6) is 0 Å². The predicted octanol–water partition coefficient (Wildman–Crippen LogP) is 5.65. The molecule has 0 saturated carbocycles. The molecule has 3 amide bonds. The van der Waals surface area contributed by atoms with Crippen LogP contribution in [0.25, 0.3) is 21.8 Å². The fourth-order valence-corrected chi connectivity index (χ4v) is 7.72. The van der Waals surface area contributed by atoms with Gasteiger partial charge in [0.2, 0.25) is 11.8 Å². The first-order valence-electron chi connectivity index (χ1n) is 16.7. The summed E-state index contributed by atoms with van der Waals surface area (Å²) in [5.74, 6) is -0.393. The van der Waals surface area contributed by atoms with Crippen LogP contribution in [0.15, 0.2) is 79.1 Å². The van der Waals surface area contributed by atoms with Crippen LogP contribution in [-0.2, 0) is 22.4 Å². The SMILES string of the molecule is CN(C)CC1Cc2cc(Cl)ccc2N(C(=O)C(Cc2c[nH]c3ccccc23)NC(=O)C2CCN(C(=O)c3c[nH]c4ccccc34)CC2)C1. The molecule has 3 aromatic carbocycles. The minimum absolute atomic E-state index is 0.0326. The van der Waals surface area contributed by atoms with E-state index in [2.05, 4.69) is 20.2 Å². The number of nitrogens with zero attached hydrogens (tertiary/aromatic N) is 3. The van der Waals surface area contributed by atoms with Gasteiger partial charge in [0.25, 0.3) is 5.91 Å². The van der Waals surface area contributed by atoms with Crippen LogP contribution >= 0.6 is 11.6 Å². The second-order valence-corrected chi connectivity index (χ2v) is 13.9. The van der Waals surface area contributed by atoms with Gasteiger partial charge in [-0.15, -0.1) is 0 Å². The summed E-state index contributed by atoms with van der Waals surface area (Å²) >= 11 is 6.41. The number of anilines is 1. The number of fused-ring (bicyclic) bond motifs is 3. The Labute approximate surface area is 285 Å². The molecule has 0 aliphatic carbocycles. The van der Waals surface area contributed by atoms with E-state index in [0.29, 0.717) is 49.5 Å². The first-order valence-corrected chi connectivity index (χ1v) is 17.1. The van der Waals surface area contributed by atoms with Gasteiger partial charge in [0.05, 0.1) is 5.56 Å².